The summed E-state index contributed by atoms with van der Waals surface area (Å²) in [7, 11) is 1.71. The van der Waals surface area contributed by atoms with Gasteiger partial charge in [0.15, 0.2) is 0 Å². The molecule has 2 rings (SSSR count). The SMILES string of the molecule is C[CH2][Al]([CH2]C)[c]1ccc2cc(OC)ccc2c1. The first-order chi connectivity index (χ1) is 8.28. The number of rotatable bonds is 4. The topological polar surface area (TPSA) is 9.23 Å². The summed E-state index contributed by atoms with van der Waals surface area (Å²) in [5, 5.41) is 5.30. The second-order valence-electron chi connectivity index (χ2n) is 4.49. The fourth-order valence-electron chi connectivity index (χ4n) is 2.38. The zero-order valence-corrected chi connectivity index (χ0v) is 12.0. The Kier molecular flexibility index (Phi) is 4.10. The number of benzene rings is 2. The van der Waals surface area contributed by atoms with Gasteiger partial charge in [0, 0.05) is 0 Å². The van der Waals surface area contributed by atoms with Gasteiger partial charge in [-0.15, -0.1) is 4.43 Å². The van der Waals surface area contributed by atoms with E-state index >= 15 is 0 Å². The molecule has 0 saturated carbocycles. The molecule has 0 spiro atoms. The summed E-state index contributed by atoms with van der Waals surface area (Å²) in [5.74, 6) is 0.935. The summed E-state index contributed by atoms with van der Waals surface area (Å²) in [4.78, 5) is 0. The Hall–Kier alpha value is -0.968. The third-order valence-corrected chi connectivity index (χ3v) is 6.80. The quantitative estimate of drug-likeness (QED) is 0.744. The molecule has 0 bridgehead atoms. The number of fused-ring (bicyclic) bond motifs is 1. The Morgan fingerprint density at radius 1 is 0.941 bits per heavy atom. The zero-order valence-electron chi connectivity index (χ0n) is 10.9. The van der Waals surface area contributed by atoms with Crippen LogP contribution < -0.4 is 9.16 Å². The molecule has 88 valence electrons. The number of methoxy groups -OCH3 is 1. The van der Waals surface area contributed by atoms with E-state index in [1.54, 1.807) is 11.5 Å². The van der Waals surface area contributed by atoms with E-state index in [1.807, 2.05) is 6.07 Å². The van der Waals surface area contributed by atoms with Crippen molar-refractivity contribution in [2.45, 2.75) is 24.4 Å². The number of hydrogen-bond acceptors (Lipinski definition) is 1. The highest BCUT2D eigenvalue weighted by atomic mass is 27.2. The monoisotopic (exact) mass is 242 g/mol. The molecule has 2 aromatic rings. The van der Waals surface area contributed by atoms with Crippen LogP contribution in [0.3, 0.4) is 0 Å². The van der Waals surface area contributed by atoms with Crippen LogP contribution in [-0.4, -0.2) is 21.3 Å². The fraction of sp³-hybridized carbons (Fsp3) is 0.333. The summed E-state index contributed by atoms with van der Waals surface area (Å²) in [6.45, 7) is 4.64. The summed E-state index contributed by atoms with van der Waals surface area (Å²) in [6.07, 6.45) is 0. The van der Waals surface area contributed by atoms with Crippen molar-refractivity contribution in [2.24, 2.45) is 0 Å². The van der Waals surface area contributed by atoms with Crippen LogP contribution in [0.4, 0.5) is 0 Å². The van der Waals surface area contributed by atoms with Crippen LogP contribution >= 0.6 is 0 Å². The van der Waals surface area contributed by atoms with Crippen LogP contribution in [0.15, 0.2) is 36.4 Å². The molecule has 0 saturated heterocycles. The van der Waals surface area contributed by atoms with Crippen molar-refractivity contribution in [3.05, 3.63) is 36.4 Å². The van der Waals surface area contributed by atoms with Crippen molar-refractivity contribution in [2.75, 3.05) is 7.11 Å². The normalized spacial score (nSPS) is 10.5. The maximum absolute atomic E-state index is 5.25. The van der Waals surface area contributed by atoms with E-state index in [9.17, 15) is 0 Å². The molecule has 2 heteroatoms. The molecule has 0 atom stereocenters. The molecule has 1 nitrogen and oxygen atoms in total. The summed E-state index contributed by atoms with van der Waals surface area (Å²) in [5.41, 5.74) is 0. The standard InChI is InChI=1S/C11H9O.2C2H5.Al/c1-12-11-7-6-9-4-2-3-5-10(9)8-11;2*1-2;/h3-8H,1H3;2*1H2,2H3;. The van der Waals surface area contributed by atoms with E-state index in [1.165, 1.54) is 21.3 Å². The lowest BCUT2D eigenvalue weighted by atomic mass is 10.1. The first-order valence-corrected chi connectivity index (χ1v) is 8.57. The Morgan fingerprint density at radius 3 is 2.24 bits per heavy atom. The molecule has 0 aliphatic carbocycles. The highest BCUT2D eigenvalue weighted by Gasteiger charge is 2.14. The van der Waals surface area contributed by atoms with Gasteiger partial charge in [-0.3, -0.25) is 0 Å². The molecule has 0 amide bonds. The predicted octanol–water partition coefficient (Wildman–Crippen LogP) is 3.59. The molecule has 2 aromatic carbocycles. The first-order valence-electron chi connectivity index (χ1n) is 6.36. The van der Waals surface area contributed by atoms with E-state index in [2.05, 4.69) is 44.2 Å². The average molecular weight is 242 g/mol. The Bertz CT molecular complexity index is 503. The summed E-state index contributed by atoms with van der Waals surface area (Å²) in [6, 6.07) is 13.2. The maximum Gasteiger partial charge on any atom is 0.305 e. The van der Waals surface area contributed by atoms with Gasteiger partial charge >= 0.3 is 14.1 Å². The molecular formula is C15H19AlO. The third-order valence-electron chi connectivity index (χ3n) is 3.53. The van der Waals surface area contributed by atoms with Crippen molar-refractivity contribution in [1.82, 2.24) is 0 Å². The van der Waals surface area contributed by atoms with Crippen molar-refractivity contribution in [3.63, 3.8) is 0 Å². The van der Waals surface area contributed by atoms with Gasteiger partial charge in [0.1, 0.15) is 5.75 Å². The van der Waals surface area contributed by atoms with Gasteiger partial charge in [-0.2, -0.15) is 0 Å². The molecular weight excluding hydrogens is 223 g/mol. The molecule has 0 fully saturated rings. The van der Waals surface area contributed by atoms with Crippen LogP contribution in [0, 0.1) is 0 Å². The van der Waals surface area contributed by atoms with Gasteiger partial charge in [-0.1, -0.05) is 48.7 Å². The van der Waals surface area contributed by atoms with Gasteiger partial charge in [-0.05, 0) is 22.9 Å². The number of hydrogen-bond donors (Lipinski definition) is 0. The van der Waals surface area contributed by atoms with Crippen molar-refractivity contribution < 1.29 is 4.74 Å². The Morgan fingerprint density at radius 2 is 1.59 bits per heavy atom. The van der Waals surface area contributed by atoms with E-state index < -0.39 is 14.1 Å². The van der Waals surface area contributed by atoms with E-state index in [-0.39, 0.29) is 0 Å². The smallest absolute Gasteiger partial charge is 0.305 e. The largest absolute Gasteiger partial charge is 0.497 e. The van der Waals surface area contributed by atoms with Crippen molar-refractivity contribution in [3.8, 4) is 5.75 Å². The second kappa shape index (κ2) is 5.58. The molecule has 0 aliphatic rings. The molecule has 0 N–H and O–H groups in total. The lowest BCUT2D eigenvalue weighted by Gasteiger charge is -2.09. The van der Waals surface area contributed by atoms with Gasteiger partial charge in [0.25, 0.3) is 0 Å². The Labute approximate surface area is 108 Å². The van der Waals surface area contributed by atoms with Crippen LogP contribution in [0.2, 0.25) is 10.6 Å². The van der Waals surface area contributed by atoms with Gasteiger partial charge < -0.3 is 4.74 Å². The minimum absolute atomic E-state index is 0.709. The Balaban J connectivity index is 2.44. The van der Waals surface area contributed by atoms with Gasteiger partial charge in [0.2, 0.25) is 0 Å². The van der Waals surface area contributed by atoms with E-state index in [4.69, 9.17) is 4.74 Å². The molecule has 0 radical (unpaired) electrons. The zero-order chi connectivity index (χ0) is 12.3. The third kappa shape index (κ3) is 2.65. The molecule has 0 aromatic heterocycles. The lowest BCUT2D eigenvalue weighted by molar-refractivity contribution is 0.415. The van der Waals surface area contributed by atoms with Crippen LogP contribution in [0.5, 0.6) is 5.75 Å². The predicted molar refractivity (Wildman–Crippen MR) is 76.9 cm³/mol. The minimum Gasteiger partial charge on any atom is -0.497 e. The molecule has 17 heavy (non-hydrogen) atoms. The van der Waals surface area contributed by atoms with Crippen LogP contribution in [-0.2, 0) is 0 Å². The maximum atomic E-state index is 5.25. The minimum atomic E-state index is -0.709. The van der Waals surface area contributed by atoms with E-state index in [0.29, 0.717) is 0 Å². The van der Waals surface area contributed by atoms with Crippen molar-refractivity contribution >= 4 is 29.3 Å². The highest BCUT2D eigenvalue weighted by molar-refractivity contribution is 6.73. The van der Waals surface area contributed by atoms with Crippen molar-refractivity contribution in [1.29, 1.82) is 0 Å². The van der Waals surface area contributed by atoms with Gasteiger partial charge in [0.05, 0.1) is 7.11 Å². The number of ether oxygens (including phenoxy) is 1. The summed E-state index contributed by atoms with van der Waals surface area (Å²) >= 11 is -0.709. The molecule has 0 heterocycles. The lowest BCUT2D eigenvalue weighted by Crippen LogP contribution is -2.27. The van der Waals surface area contributed by atoms with Crippen LogP contribution in [0.1, 0.15) is 13.8 Å². The first kappa shape index (κ1) is 12.5. The average Bonchev–Trinajstić information content (AvgIpc) is 2.39. The molecule has 0 unspecified atom stereocenters. The summed E-state index contributed by atoms with van der Waals surface area (Å²) < 4.78 is 6.84. The van der Waals surface area contributed by atoms with Gasteiger partial charge in [-0.25, -0.2) is 0 Å². The molecule has 0 aliphatic heterocycles. The fourth-order valence-corrected chi connectivity index (χ4v) is 4.69. The second-order valence-corrected chi connectivity index (χ2v) is 8.18. The van der Waals surface area contributed by atoms with E-state index in [0.717, 1.165) is 5.75 Å². The highest BCUT2D eigenvalue weighted by Crippen LogP contribution is 2.20. The van der Waals surface area contributed by atoms with Crippen LogP contribution in [0.25, 0.3) is 10.8 Å².